The van der Waals surface area contributed by atoms with Crippen LogP contribution in [0.5, 0.6) is 0 Å². The molecule has 0 saturated heterocycles. The number of aromatic nitrogens is 2. The van der Waals surface area contributed by atoms with Crippen molar-refractivity contribution < 1.29 is 9.63 Å². The van der Waals surface area contributed by atoms with Gasteiger partial charge in [-0.05, 0) is 24.6 Å². The molecule has 5 nitrogen and oxygen atoms in total. The number of carbonyl (C=O) groups is 1. The number of hydrogen-bond acceptors (Lipinski definition) is 4. The van der Waals surface area contributed by atoms with Crippen LogP contribution in [0.2, 0.25) is 0 Å². The van der Waals surface area contributed by atoms with Crippen LogP contribution in [0.25, 0.3) is 11.0 Å². The van der Waals surface area contributed by atoms with Gasteiger partial charge >= 0.3 is 5.97 Å². The second-order valence-corrected chi connectivity index (χ2v) is 4.90. The summed E-state index contributed by atoms with van der Waals surface area (Å²) in [6.45, 7) is 1.74. The van der Waals surface area contributed by atoms with Crippen molar-refractivity contribution in [3.05, 3.63) is 66.0 Å². The number of para-hydroxylation sites is 2. The Kier molecular flexibility index (Phi) is 3.96. The molecule has 2 aromatic carbocycles. The maximum absolute atomic E-state index is 11.8. The summed E-state index contributed by atoms with van der Waals surface area (Å²) in [7, 11) is 0. The van der Waals surface area contributed by atoms with Crippen molar-refractivity contribution in [1.82, 2.24) is 9.97 Å². The molecule has 0 saturated carbocycles. The number of rotatable bonds is 4. The topological polar surface area (TPSA) is 67.3 Å². The van der Waals surface area contributed by atoms with Crippen LogP contribution in [-0.2, 0) is 16.1 Å². The molecular weight excluding hydrogens is 278 g/mol. The first-order valence-corrected chi connectivity index (χ1v) is 6.96. The molecule has 22 heavy (non-hydrogen) atoms. The van der Waals surface area contributed by atoms with Crippen molar-refractivity contribution in [3.63, 3.8) is 0 Å². The fraction of sp³-hybridized carbons (Fsp3) is 0.118. The van der Waals surface area contributed by atoms with Crippen LogP contribution in [0.15, 0.2) is 59.8 Å². The zero-order valence-corrected chi connectivity index (χ0v) is 12.1. The normalized spacial score (nSPS) is 11.6. The SMILES string of the molecule is C/C(=N\OC(=O)Cc1ccccc1)c1nc2ccccc2[nH]1. The molecular formula is C17H15N3O2. The van der Waals surface area contributed by atoms with Crippen molar-refractivity contribution in [2.75, 3.05) is 0 Å². The highest BCUT2D eigenvalue weighted by Gasteiger charge is 2.08. The van der Waals surface area contributed by atoms with E-state index in [1.54, 1.807) is 6.92 Å². The average molecular weight is 293 g/mol. The Morgan fingerprint density at radius 3 is 2.64 bits per heavy atom. The highest BCUT2D eigenvalue weighted by Crippen LogP contribution is 2.11. The van der Waals surface area contributed by atoms with Gasteiger partial charge in [-0.25, -0.2) is 9.78 Å². The van der Waals surface area contributed by atoms with Gasteiger partial charge in [-0.1, -0.05) is 47.6 Å². The van der Waals surface area contributed by atoms with Gasteiger partial charge in [-0.2, -0.15) is 0 Å². The fourth-order valence-corrected chi connectivity index (χ4v) is 2.08. The zero-order chi connectivity index (χ0) is 15.4. The molecule has 0 unspecified atom stereocenters. The third-order valence-electron chi connectivity index (χ3n) is 3.21. The van der Waals surface area contributed by atoms with Crippen molar-refractivity contribution >= 4 is 22.7 Å². The molecule has 0 atom stereocenters. The summed E-state index contributed by atoms with van der Waals surface area (Å²) in [6.07, 6.45) is 0.192. The number of nitrogens with zero attached hydrogens (tertiary/aromatic N) is 2. The molecule has 0 fully saturated rings. The highest BCUT2D eigenvalue weighted by atomic mass is 16.7. The molecule has 0 aliphatic carbocycles. The minimum atomic E-state index is -0.401. The van der Waals surface area contributed by atoms with Gasteiger partial charge in [0.2, 0.25) is 0 Å². The molecule has 0 aliphatic rings. The number of benzene rings is 2. The van der Waals surface area contributed by atoms with Gasteiger partial charge in [-0.15, -0.1) is 0 Å². The number of aromatic amines is 1. The number of fused-ring (bicyclic) bond motifs is 1. The summed E-state index contributed by atoms with van der Waals surface area (Å²) in [6, 6.07) is 17.1. The van der Waals surface area contributed by atoms with E-state index in [0.29, 0.717) is 11.5 Å². The van der Waals surface area contributed by atoms with Crippen molar-refractivity contribution in [2.45, 2.75) is 13.3 Å². The van der Waals surface area contributed by atoms with Crippen LogP contribution in [0.1, 0.15) is 18.3 Å². The third-order valence-corrected chi connectivity index (χ3v) is 3.21. The largest absolute Gasteiger partial charge is 0.339 e. The van der Waals surface area contributed by atoms with Crippen LogP contribution in [0.3, 0.4) is 0 Å². The molecule has 1 aromatic heterocycles. The molecule has 3 aromatic rings. The van der Waals surface area contributed by atoms with E-state index in [4.69, 9.17) is 4.84 Å². The lowest BCUT2D eigenvalue weighted by atomic mass is 10.2. The first kappa shape index (κ1) is 14.0. The zero-order valence-electron chi connectivity index (χ0n) is 12.1. The molecule has 1 N–H and O–H groups in total. The number of hydrogen-bond donors (Lipinski definition) is 1. The van der Waals surface area contributed by atoms with E-state index in [0.717, 1.165) is 16.6 Å². The van der Waals surface area contributed by atoms with E-state index in [1.165, 1.54) is 0 Å². The minimum absolute atomic E-state index is 0.192. The minimum Gasteiger partial charge on any atom is -0.337 e. The summed E-state index contributed by atoms with van der Waals surface area (Å²) in [5.41, 5.74) is 3.19. The van der Waals surface area contributed by atoms with E-state index in [-0.39, 0.29) is 6.42 Å². The fourth-order valence-electron chi connectivity index (χ4n) is 2.08. The molecule has 110 valence electrons. The van der Waals surface area contributed by atoms with Gasteiger partial charge in [0.1, 0.15) is 5.71 Å². The third kappa shape index (κ3) is 3.20. The highest BCUT2D eigenvalue weighted by molar-refractivity contribution is 5.98. The van der Waals surface area contributed by atoms with Gasteiger partial charge in [0, 0.05) is 0 Å². The van der Waals surface area contributed by atoms with Crippen LogP contribution < -0.4 is 0 Å². The van der Waals surface area contributed by atoms with E-state index in [2.05, 4.69) is 15.1 Å². The summed E-state index contributed by atoms with van der Waals surface area (Å²) in [5, 5.41) is 3.86. The summed E-state index contributed by atoms with van der Waals surface area (Å²) in [5.74, 6) is 0.190. The van der Waals surface area contributed by atoms with Gasteiger partial charge < -0.3 is 9.82 Å². The lowest BCUT2D eigenvalue weighted by Gasteiger charge is -1.99. The first-order chi connectivity index (χ1) is 10.7. The Hall–Kier alpha value is -2.95. The monoisotopic (exact) mass is 293 g/mol. The Morgan fingerprint density at radius 1 is 1.14 bits per heavy atom. The van der Waals surface area contributed by atoms with Crippen LogP contribution in [-0.4, -0.2) is 21.6 Å². The second kappa shape index (κ2) is 6.22. The van der Waals surface area contributed by atoms with Gasteiger partial charge in [0.15, 0.2) is 5.82 Å². The van der Waals surface area contributed by atoms with Crippen molar-refractivity contribution in [1.29, 1.82) is 0 Å². The van der Waals surface area contributed by atoms with Crippen LogP contribution in [0.4, 0.5) is 0 Å². The number of oxime groups is 1. The number of H-pyrrole nitrogens is 1. The molecule has 0 radical (unpaired) electrons. The van der Waals surface area contributed by atoms with Gasteiger partial charge in [-0.3, -0.25) is 0 Å². The van der Waals surface area contributed by atoms with Crippen molar-refractivity contribution in [3.8, 4) is 0 Å². The molecule has 0 aliphatic heterocycles. The molecule has 0 amide bonds. The summed E-state index contributed by atoms with van der Waals surface area (Å²) < 4.78 is 0. The van der Waals surface area contributed by atoms with Crippen molar-refractivity contribution in [2.24, 2.45) is 5.16 Å². The lowest BCUT2D eigenvalue weighted by Crippen LogP contribution is -2.07. The Bertz CT molecular complexity index is 789. The quantitative estimate of drug-likeness (QED) is 0.456. The molecule has 3 rings (SSSR count). The van der Waals surface area contributed by atoms with E-state index >= 15 is 0 Å². The Labute approximate surface area is 127 Å². The van der Waals surface area contributed by atoms with E-state index in [1.807, 2.05) is 54.6 Å². The maximum atomic E-state index is 11.8. The molecule has 0 bridgehead atoms. The predicted molar refractivity (Wildman–Crippen MR) is 84.5 cm³/mol. The number of nitrogens with one attached hydrogen (secondary N) is 1. The predicted octanol–water partition coefficient (Wildman–Crippen LogP) is 3.07. The summed E-state index contributed by atoms with van der Waals surface area (Å²) >= 11 is 0. The average Bonchev–Trinajstić information content (AvgIpc) is 2.98. The molecule has 0 spiro atoms. The summed E-state index contributed by atoms with van der Waals surface area (Å²) in [4.78, 5) is 24.2. The smallest absolute Gasteiger partial charge is 0.337 e. The number of imidazole rings is 1. The second-order valence-electron chi connectivity index (χ2n) is 4.90. The molecule has 5 heteroatoms. The Morgan fingerprint density at radius 2 is 1.86 bits per heavy atom. The Balaban J connectivity index is 1.68. The van der Waals surface area contributed by atoms with Crippen LogP contribution >= 0.6 is 0 Å². The van der Waals surface area contributed by atoms with Gasteiger partial charge in [0.05, 0.1) is 17.5 Å². The van der Waals surface area contributed by atoms with E-state index < -0.39 is 5.97 Å². The van der Waals surface area contributed by atoms with E-state index in [9.17, 15) is 4.79 Å². The maximum Gasteiger partial charge on any atom is 0.339 e. The van der Waals surface area contributed by atoms with Gasteiger partial charge in [0.25, 0.3) is 0 Å². The first-order valence-electron chi connectivity index (χ1n) is 6.96. The number of carbonyl (C=O) groups excluding carboxylic acids is 1. The standard InChI is InChI=1S/C17H15N3O2/c1-12(17-18-14-9-5-6-10-15(14)19-17)20-22-16(21)11-13-7-3-2-4-8-13/h2-10H,11H2,1H3,(H,18,19)/b20-12+. The molecule has 1 heterocycles. The lowest BCUT2D eigenvalue weighted by molar-refractivity contribution is -0.142. The van der Waals surface area contributed by atoms with Crippen LogP contribution in [0, 0.1) is 0 Å².